The second kappa shape index (κ2) is 5.21. The standard InChI is InChI=1S/C15H11BrF2O/c1-8-6-9(2)13(12(18)7-8)15(19)14-10(16)4-3-5-11(14)17/h3-7H,1-2H3. The Kier molecular flexibility index (Phi) is 3.80. The highest BCUT2D eigenvalue weighted by Crippen LogP contribution is 2.26. The van der Waals surface area contributed by atoms with Crippen molar-refractivity contribution in [2.45, 2.75) is 13.8 Å². The van der Waals surface area contributed by atoms with E-state index in [2.05, 4.69) is 15.9 Å². The van der Waals surface area contributed by atoms with E-state index in [9.17, 15) is 13.6 Å². The maximum Gasteiger partial charge on any atom is 0.200 e. The molecule has 19 heavy (non-hydrogen) atoms. The summed E-state index contributed by atoms with van der Waals surface area (Å²) in [6, 6.07) is 7.19. The molecule has 0 aliphatic rings. The molecule has 0 amide bonds. The Labute approximate surface area is 118 Å². The monoisotopic (exact) mass is 324 g/mol. The van der Waals surface area contributed by atoms with Crippen molar-refractivity contribution >= 4 is 21.7 Å². The number of rotatable bonds is 2. The summed E-state index contributed by atoms with van der Waals surface area (Å²) in [4.78, 5) is 12.3. The fourth-order valence-corrected chi connectivity index (χ4v) is 2.57. The summed E-state index contributed by atoms with van der Waals surface area (Å²) in [5.74, 6) is -1.95. The molecule has 0 fully saturated rings. The van der Waals surface area contributed by atoms with Gasteiger partial charge in [0.2, 0.25) is 0 Å². The maximum absolute atomic E-state index is 14.0. The quantitative estimate of drug-likeness (QED) is 0.739. The van der Waals surface area contributed by atoms with Gasteiger partial charge in [-0.05, 0) is 59.1 Å². The summed E-state index contributed by atoms with van der Waals surface area (Å²) in [6.45, 7) is 3.38. The van der Waals surface area contributed by atoms with Crippen LogP contribution in [0.4, 0.5) is 8.78 Å². The van der Waals surface area contributed by atoms with Crippen molar-refractivity contribution in [3.8, 4) is 0 Å². The second-order valence-corrected chi connectivity index (χ2v) is 5.22. The van der Waals surface area contributed by atoms with Crippen LogP contribution in [0.3, 0.4) is 0 Å². The lowest BCUT2D eigenvalue weighted by atomic mass is 9.96. The molecule has 0 aromatic heterocycles. The van der Waals surface area contributed by atoms with E-state index in [1.807, 2.05) is 0 Å². The highest BCUT2D eigenvalue weighted by molar-refractivity contribution is 9.10. The predicted octanol–water partition coefficient (Wildman–Crippen LogP) is 4.58. The molecule has 0 heterocycles. The number of benzene rings is 2. The van der Waals surface area contributed by atoms with Gasteiger partial charge in [0.15, 0.2) is 5.78 Å². The molecule has 98 valence electrons. The Morgan fingerprint density at radius 2 is 1.74 bits per heavy atom. The van der Waals surface area contributed by atoms with Gasteiger partial charge in [0.1, 0.15) is 11.6 Å². The zero-order valence-corrected chi connectivity index (χ0v) is 12.0. The van der Waals surface area contributed by atoms with Gasteiger partial charge in [-0.1, -0.05) is 12.1 Å². The van der Waals surface area contributed by atoms with Gasteiger partial charge in [-0.15, -0.1) is 0 Å². The molecule has 0 bridgehead atoms. The van der Waals surface area contributed by atoms with E-state index in [-0.39, 0.29) is 11.1 Å². The summed E-state index contributed by atoms with van der Waals surface area (Å²) in [5, 5.41) is 0. The molecule has 0 saturated carbocycles. The molecule has 4 heteroatoms. The number of halogens is 3. The van der Waals surface area contributed by atoms with Gasteiger partial charge < -0.3 is 0 Å². The molecular weight excluding hydrogens is 314 g/mol. The second-order valence-electron chi connectivity index (χ2n) is 4.36. The molecule has 1 nitrogen and oxygen atoms in total. The minimum absolute atomic E-state index is 0.0867. The summed E-state index contributed by atoms with van der Waals surface area (Å²) < 4.78 is 28.0. The first-order valence-electron chi connectivity index (χ1n) is 5.67. The van der Waals surface area contributed by atoms with Gasteiger partial charge >= 0.3 is 0 Å². The van der Waals surface area contributed by atoms with Crippen LogP contribution in [-0.2, 0) is 0 Å². The fraction of sp³-hybridized carbons (Fsp3) is 0.133. The summed E-state index contributed by atoms with van der Waals surface area (Å²) in [7, 11) is 0. The van der Waals surface area contributed by atoms with Gasteiger partial charge in [0, 0.05) is 4.47 Å². The van der Waals surface area contributed by atoms with Crippen molar-refractivity contribution in [2.24, 2.45) is 0 Å². The molecule has 0 atom stereocenters. The summed E-state index contributed by atoms with van der Waals surface area (Å²) in [6.07, 6.45) is 0. The number of aryl methyl sites for hydroxylation is 2. The largest absolute Gasteiger partial charge is 0.288 e. The lowest BCUT2D eigenvalue weighted by molar-refractivity contribution is 0.103. The van der Waals surface area contributed by atoms with Gasteiger partial charge in [-0.25, -0.2) is 8.78 Å². The molecule has 0 N–H and O–H groups in total. The summed E-state index contributed by atoms with van der Waals surface area (Å²) in [5.41, 5.74) is 0.988. The van der Waals surface area contributed by atoms with Crippen molar-refractivity contribution in [2.75, 3.05) is 0 Å². The van der Waals surface area contributed by atoms with Crippen LogP contribution in [0.5, 0.6) is 0 Å². The van der Waals surface area contributed by atoms with Crippen molar-refractivity contribution < 1.29 is 13.6 Å². The summed E-state index contributed by atoms with van der Waals surface area (Å²) >= 11 is 3.13. The minimum atomic E-state index is -0.668. The first kappa shape index (κ1) is 13.9. The van der Waals surface area contributed by atoms with E-state index in [1.165, 1.54) is 18.2 Å². The normalized spacial score (nSPS) is 10.6. The van der Waals surface area contributed by atoms with Crippen LogP contribution in [0, 0.1) is 25.5 Å². The van der Waals surface area contributed by atoms with Crippen molar-refractivity contribution in [3.05, 3.63) is 68.7 Å². The third-order valence-corrected chi connectivity index (χ3v) is 3.51. The average molecular weight is 325 g/mol. The fourth-order valence-electron chi connectivity index (χ4n) is 2.04. The number of hydrogen-bond donors (Lipinski definition) is 0. The number of hydrogen-bond acceptors (Lipinski definition) is 1. The molecular formula is C15H11BrF2O. The minimum Gasteiger partial charge on any atom is -0.288 e. The van der Waals surface area contributed by atoms with E-state index < -0.39 is 17.4 Å². The first-order chi connectivity index (χ1) is 8.91. The van der Waals surface area contributed by atoms with E-state index in [4.69, 9.17) is 0 Å². The molecule has 0 unspecified atom stereocenters. The molecule has 2 aromatic rings. The molecule has 0 saturated heterocycles. The van der Waals surface area contributed by atoms with E-state index in [0.29, 0.717) is 10.0 Å². The van der Waals surface area contributed by atoms with Crippen LogP contribution in [-0.4, -0.2) is 5.78 Å². The number of carbonyl (C=O) groups is 1. The lowest BCUT2D eigenvalue weighted by Gasteiger charge is -2.10. The molecule has 2 rings (SSSR count). The van der Waals surface area contributed by atoms with Crippen LogP contribution in [0.15, 0.2) is 34.8 Å². The van der Waals surface area contributed by atoms with Crippen LogP contribution >= 0.6 is 15.9 Å². The van der Waals surface area contributed by atoms with Gasteiger partial charge in [0.05, 0.1) is 11.1 Å². The van der Waals surface area contributed by atoms with Crippen LogP contribution in [0.1, 0.15) is 27.0 Å². The SMILES string of the molecule is Cc1cc(C)c(C(=O)c2c(F)cccc2Br)c(F)c1. The van der Waals surface area contributed by atoms with Crippen LogP contribution < -0.4 is 0 Å². The molecule has 0 aliphatic heterocycles. The topological polar surface area (TPSA) is 17.1 Å². The van der Waals surface area contributed by atoms with E-state index in [0.717, 1.165) is 5.56 Å². The smallest absolute Gasteiger partial charge is 0.200 e. The Hall–Kier alpha value is -1.55. The predicted molar refractivity (Wildman–Crippen MR) is 73.4 cm³/mol. The highest BCUT2D eigenvalue weighted by atomic mass is 79.9. The maximum atomic E-state index is 14.0. The van der Waals surface area contributed by atoms with E-state index >= 15 is 0 Å². The third-order valence-electron chi connectivity index (χ3n) is 2.85. The lowest BCUT2D eigenvalue weighted by Crippen LogP contribution is -2.10. The molecule has 0 aliphatic carbocycles. The van der Waals surface area contributed by atoms with Crippen molar-refractivity contribution in [3.63, 3.8) is 0 Å². The highest BCUT2D eigenvalue weighted by Gasteiger charge is 2.22. The number of carbonyl (C=O) groups excluding carboxylic acids is 1. The van der Waals surface area contributed by atoms with E-state index in [1.54, 1.807) is 26.0 Å². The third kappa shape index (κ3) is 2.59. The Bertz CT molecular complexity index is 622. The van der Waals surface area contributed by atoms with Gasteiger partial charge in [-0.2, -0.15) is 0 Å². The molecule has 0 spiro atoms. The van der Waals surface area contributed by atoms with Gasteiger partial charge in [0.25, 0.3) is 0 Å². The van der Waals surface area contributed by atoms with Crippen LogP contribution in [0.2, 0.25) is 0 Å². The van der Waals surface area contributed by atoms with Crippen molar-refractivity contribution in [1.82, 2.24) is 0 Å². The van der Waals surface area contributed by atoms with Crippen LogP contribution in [0.25, 0.3) is 0 Å². The zero-order chi connectivity index (χ0) is 14.2. The molecule has 2 aromatic carbocycles. The first-order valence-corrected chi connectivity index (χ1v) is 6.46. The number of ketones is 1. The Morgan fingerprint density at radius 3 is 2.32 bits per heavy atom. The Morgan fingerprint density at radius 1 is 1.05 bits per heavy atom. The zero-order valence-electron chi connectivity index (χ0n) is 10.4. The molecule has 0 radical (unpaired) electrons. The average Bonchev–Trinajstić information content (AvgIpc) is 2.26. The van der Waals surface area contributed by atoms with Crippen molar-refractivity contribution in [1.29, 1.82) is 0 Å². The Balaban J connectivity index is 2.64. The van der Waals surface area contributed by atoms with Gasteiger partial charge in [-0.3, -0.25) is 4.79 Å².